The van der Waals surface area contributed by atoms with Gasteiger partial charge < -0.3 is 30.3 Å². The fourth-order valence-electron chi connectivity index (χ4n) is 2.92. The minimum atomic E-state index is -1.67. The van der Waals surface area contributed by atoms with E-state index in [0.717, 1.165) is 0 Å². The number of fused-ring (bicyclic) bond motifs is 3. The fourth-order valence-corrected chi connectivity index (χ4v) is 2.92. The van der Waals surface area contributed by atoms with Crippen LogP contribution in [0.4, 0.5) is 0 Å². The average Bonchev–Trinajstić information content (AvgIpc) is 2.78. The smallest absolute Gasteiger partial charge is 0.251 e. The van der Waals surface area contributed by atoms with Gasteiger partial charge in [-0.2, -0.15) is 0 Å². The van der Waals surface area contributed by atoms with Crippen molar-refractivity contribution in [1.29, 1.82) is 0 Å². The Kier molecular flexibility index (Phi) is 2.43. The Balaban J connectivity index is 1.92. The van der Waals surface area contributed by atoms with Crippen LogP contribution < -0.4 is 5.32 Å². The number of hydrogen-bond acceptors (Lipinski definition) is 6. The van der Waals surface area contributed by atoms with Crippen LogP contribution in [-0.4, -0.2) is 62.9 Å². The standard InChI is InChI=1S/C11H16N2O5/c1-5-3-13-6-2-7(15)11(17,4-14)8(6)18-10(13)12-9(5)16/h3,6-8,10,14-15,17H,2,4H2,1H3,(H,12,16)/t6-,7-,8-,10?,11-/m0/s1. The number of nitrogens with zero attached hydrogens (tertiary/aromatic N) is 1. The number of hydrogen-bond donors (Lipinski definition) is 4. The lowest BCUT2D eigenvalue weighted by Crippen LogP contribution is -2.52. The van der Waals surface area contributed by atoms with Gasteiger partial charge in [-0.3, -0.25) is 4.79 Å². The van der Waals surface area contributed by atoms with Crippen molar-refractivity contribution in [2.45, 2.75) is 43.5 Å². The van der Waals surface area contributed by atoms with E-state index >= 15 is 0 Å². The zero-order chi connectivity index (χ0) is 13.1. The molecule has 1 unspecified atom stereocenters. The molecule has 2 fully saturated rings. The number of amides is 1. The van der Waals surface area contributed by atoms with Crippen molar-refractivity contribution in [2.24, 2.45) is 0 Å². The van der Waals surface area contributed by atoms with E-state index in [1.54, 1.807) is 18.0 Å². The molecule has 0 aromatic heterocycles. The van der Waals surface area contributed by atoms with Crippen LogP contribution in [0.2, 0.25) is 0 Å². The lowest BCUT2D eigenvalue weighted by atomic mass is 9.98. The van der Waals surface area contributed by atoms with Gasteiger partial charge in [0.1, 0.15) is 11.7 Å². The molecule has 0 aromatic rings. The van der Waals surface area contributed by atoms with Gasteiger partial charge in [0.25, 0.3) is 5.91 Å². The highest BCUT2D eigenvalue weighted by Gasteiger charge is 2.61. The molecule has 1 amide bonds. The SMILES string of the molecule is CC1=CN2C(NC1=O)O[C@H]1[C@@H]2C[C@H](O)[C@@]1(O)CO. The van der Waals surface area contributed by atoms with Crippen LogP contribution >= 0.6 is 0 Å². The van der Waals surface area contributed by atoms with Crippen molar-refractivity contribution in [1.82, 2.24) is 10.2 Å². The van der Waals surface area contributed by atoms with Gasteiger partial charge in [-0.1, -0.05) is 0 Å². The molecule has 0 bridgehead atoms. The quantitative estimate of drug-likeness (QED) is 0.427. The second-order valence-electron chi connectivity index (χ2n) is 5.11. The van der Waals surface area contributed by atoms with Crippen molar-refractivity contribution >= 4 is 5.91 Å². The summed E-state index contributed by atoms with van der Waals surface area (Å²) < 4.78 is 5.56. The highest BCUT2D eigenvalue weighted by Crippen LogP contribution is 2.42. The summed E-state index contributed by atoms with van der Waals surface area (Å²) in [7, 11) is 0. The Hall–Kier alpha value is -1.15. The van der Waals surface area contributed by atoms with Crippen LogP contribution in [0.15, 0.2) is 11.8 Å². The molecule has 1 aliphatic carbocycles. The van der Waals surface area contributed by atoms with Gasteiger partial charge in [0, 0.05) is 11.8 Å². The highest BCUT2D eigenvalue weighted by atomic mass is 16.6. The van der Waals surface area contributed by atoms with E-state index in [0.29, 0.717) is 5.57 Å². The van der Waals surface area contributed by atoms with E-state index < -0.39 is 30.8 Å². The monoisotopic (exact) mass is 256 g/mol. The van der Waals surface area contributed by atoms with Crippen molar-refractivity contribution in [3.05, 3.63) is 11.8 Å². The maximum atomic E-state index is 11.5. The molecular weight excluding hydrogens is 240 g/mol. The summed E-state index contributed by atoms with van der Waals surface area (Å²) in [5.74, 6) is -0.218. The van der Waals surface area contributed by atoms with E-state index in [1.165, 1.54) is 0 Å². The number of aliphatic hydroxyl groups is 3. The maximum Gasteiger partial charge on any atom is 0.251 e. The molecule has 1 saturated carbocycles. The highest BCUT2D eigenvalue weighted by molar-refractivity contribution is 5.93. The summed E-state index contributed by atoms with van der Waals surface area (Å²) in [6.07, 6.45) is -0.432. The third kappa shape index (κ3) is 1.36. The van der Waals surface area contributed by atoms with Gasteiger partial charge in [-0.05, 0) is 13.3 Å². The summed E-state index contributed by atoms with van der Waals surface area (Å²) in [4.78, 5) is 13.3. The van der Waals surface area contributed by atoms with Crippen molar-refractivity contribution in [3.8, 4) is 0 Å². The zero-order valence-electron chi connectivity index (χ0n) is 9.91. The van der Waals surface area contributed by atoms with Crippen molar-refractivity contribution < 1.29 is 24.9 Å². The molecule has 5 atom stereocenters. The Labute approximate surface area is 104 Å². The van der Waals surface area contributed by atoms with Crippen LogP contribution in [0.25, 0.3) is 0 Å². The lowest BCUT2D eigenvalue weighted by Gasteiger charge is -2.32. The number of ether oxygens (including phenoxy) is 1. The van der Waals surface area contributed by atoms with E-state index in [-0.39, 0.29) is 18.4 Å². The molecule has 0 aromatic carbocycles. The maximum absolute atomic E-state index is 11.5. The van der Waals surface area contributed by atoms with Gasteiger partial charge in [-0.15, -0.1) is 0 Å². The Morgan fingerprint density at radius 1 is 1.67 bits per heavy atom. The van der Waals surface area contributed by atoms with Crippen molar-refractivity contribution in [2.75, 3.05) is 6.61 Å². The summed E-state index contributed by atoms with van der Waals surface area (Å²) in [6, 6.07) is -0.252. The summed E-state index contributed by atoms with van der Waals surface area (Å²) in [5.41, 5.74) is -1.13. The molecule has 4 N–H and O–H groups in total. The molecule has 2 aliphatic heterocycles. The van der Waals surface area contributed by atoms with Gasteiger partial charge in [0.15, 0.2) is 0 Å². The largest absolute Gasteiger partial charge is 0.393 e. The number of carbonyl (C=O) groups excluding carboxylic acids is 1. The third-order valence-electron chi connectivity index (χ3n) is 4.02. The Morgan fingerprint density at radius 2 is 2.39 bits per heavy atom. The topological polar surface area (TPSA) is 102 Å². The predicted octanol–water partition coefficient (Wildman–Crippen LogP) is -2.14. The van der Waals surface area contributed by atoms with Gasteiger partial charge in [-0.25, -0.2) is 0 Å². The Bertz CT molecular complexity index is 426. The summed E-state index contributed by atoms with van der Waals surface area (Å²) in [5, 5.41) is 32.0. The predicted molar refractivity (Wildman–Crippen MR) is 58.8 cm³/mol. The molecule has 0 spiro atoms. The molecule has 7 nitrogen and oxygen atoms in total. The van der Waals surface area contributed by atoms with E-state index in [4.69, 9.17) is 4.74 Å². The van der Waals surface area contributed by atoms with E-state index in [9.17, 15) is 20.1 Å². The zero-order valence-corrected chi connectivity index (χ0v) is 9.91. The molecule has 0 radical (unpaired) electrons. The number of nitrogens with one attached hydrogen (secondary N) is 1. The van der Waals surface area contributed by atoms with E-state index in [2.05, 4.69) is 5.32 Å². The molecule has 3 rings (SSSR count). The molecule has 18 heavy (non-hydrogen) atoms. The first kappa shape index (κ1) is 11.9. The molecule has 7 heteroatoms. The van der Waals surface area contributed by atoms with Gasteiger partial charge in [0.05, 0.1) is 18.8 Å². The molecular formula is C11H16N2O5. The Morgan fingerprint density at radius 3 is 3.06 bits per heavy atom. The first-order chi connectivity index (χ1) is 8.47. The number of rotatable bonds is 1. The number of aliphatic hydroxyl groups excluding tert-OH is 2. The normalized spacial score (nSPS) is 46.6. The van der Waals surface area contributed by atoms with Crippen LogP contribution in [0.3, 0.4) is 0 Å². The summed E-state index contributed by atoms with van der Waals surface area (Å²) >= 11 is 0. The molecule has 2 heterocycles. The minimum Gasteiger partial charge on any atom is -0.393 e. The van der Waals surface area contributed by atoms with Crippen molar-refractivity contribution in [3.63, 3.8) is 0 Å². The fraction of sp³-hybridized carbons (Fsp3) is 0.727. The first-order valence-corrected chi connectivity index (χ1v) is 5.91. The third-order valence-corrected chi connectivity index (χ3v) is 4.02. The minimum absolute atomic E-state index is 0.218. The molecule has 100 valence electrons. The van der Waals surface area contributed by atoms with Crippen LogP contribution in [0.5, 0.6) is 0 Å². The van der Waals surface area contributed by atoms with Crippen LogP contribution in [0, 0.1) is 0 Å². The van der Waals surface area contributed by atoms with Gasteiger partial charge in [0.2, 0.25) is 6.35 Å². The second-order valence-corrected chi connectivity index (χ2v) is 5.11. The summed E-state index contributed by atoms with van der Waals surface area (Å²) in [6.45, 7) is 1.11. The lowest BCUT2D eigenvalue weighted by molar-refractivity contribution is -0.167. The van der Waals surface area contributed by atoms with E-state index in [1.807, 2.05) is 0 Å². The van der Waals surface area contributed by atoms with Gasteiger partial charge >= 0.3 is 0 Å². The first-order valence-electron chi connectivity index (χ1n) is 5.91. The average molecular weight is 256 g/mol. The number of carbonyl (C=O) groups is 1. The molecule has 1 saturated heterocycles. The molecule has 3 aliphatic rings. The second kappa shape index (κ2) is 3.67. The van der Waals surface area contributed by atoms with Crippen LogP contribution in [-0.2, 0) is 9.53 Å². The van der Waals surface area contributed by atoms with Crippen LogP contribution in [0.1, 0.15) is 13.3 Å².